The number of pyridine rings is 2. The van der Waals surface area contributed by atoms with E-state index in [-0.39, 0.29) is 29.2 Å². The highest BCUT2D eigenvalue weighted by molar-refractivity contribution is 7.89. The normalized spacial score (nSPS) is 18.7. The molecule has 0 radical (unpaired) electrons. The number of rotatable bonds is 8. The maximum absolute atomic E-state index is 13.2. The van der Waals surface area contributed by atoms with Gasteiger partial charge in [0.1, 0.15) is 11.7 Å². The number of ether oxygens (including phenoxy) is 1. The Bertz CT molecular complexity index is 1330. The zero-order chi connectivity index (χ0) is 25.9. The van der Waals surface area contributed by atoms with Crippen molar-refractivity contribution in [2.45, 2.75) is 56.3 Å². The number of aliphatic hydroxyl groups is 1. The Morgan fingerprint density at radius 2 is 1.92 bits per heavy atom. The number of nitrogens with one attached hydrogen (secondary N) is 2. The lowest BCUT2D eigenvalue weighted by atomic mass is 9.88. The van der Waals surface area contributed by atoms with E-state index >= 15 is 0 Å². The van der Waals surface area contributed by atoms with Crippen molar-refractivity contribution in [3.05, 3.63) is 83.3 Å². The summed E-state index contributed by atoms with van der Waals surface area (Å²) in [5, 5.41) is 13.9. The van der Waals surface area contributed by atoms with Crippen LogP contribution in [0.4, 0.5) is 0 Å². The lowest BCUT2D eigenvalue weighted by Gasteiger charge is -2.41. The van der Waals surface area contributed by atoms with Crippen molar-refractivity contribution in [2.24, 2.45) is 0 Å². The second-order valence-corrected chi connectivity index (χ2v) is 10.9. The van der Waals surface area contributed by atoms with E-state index in [1.165, 1.54) is 24.4 Å². The van der Waals surface area contributed by atoms with Gasteiger partial charge in [0.2, 0.25) is 15.9 Å². The molecule has 4 rings (SSSR count). The van der Waals surface area contributed by atoms with E-state index in [1.807, 2.05) is 19.1 Å². The minimum atomic E-state index is -3.99. The number of benzene rings is 1. The van der Waals surface area contributed by atoms with Crippen LogP contribution in [-0.2, 0) is 22.9 Å². The molecule has 1 aliphatic rings. The van der Waals surface area contributed by atoms with Crippen LogP contribution in [0.1, 0.15) is 55.3 Å². The average Bonchev–Trinajstić information content (AvgIpc) is 2.87. The summed E-state index contributed by atoms with van der Waals surface area (Å²) in [7, 11) is -3.99. The third-order valence-electron chi connectivity index (χ3n) is 6.21. The number of carbonyl (C=O) groups excluding carboxylic acids is 1. The lowest BCUT2D eigenvalue weighted by Crippen LogP contribution is -2.53. The minimum absolute atomic E-state index is 0. The van der Waals surface area contributed by atoms with Gasteiger partial charge in [0.25, 0.3) is 5.91 Å². The minimum Gasteiger partial charge on any atom is -0.469 e. The molecule has 192 valence electrons. The smallest absolute Gasteiger partial charge is 0.252 e. The molecule has 0 saturated heterocycles. The molecule has 1 aliphatic heterocycles. The van der Waals surface area contributed by atoms with E-state index in [9.17, 15) is 18.3 Å². The predicted octanol–water partition coefficient (Wildman–Crippen LogP) is 2.81. The summed E-state index contributed by atoms with van der Waals surface area (Å²) in [6, 6.07) is 10.8. The average molecular weight is 513 g/mol. The zero-order valence-electron chi connectivity index (χ0n) is 20.4. The molecule has 0 bridgehead atoms. The second kappa shape index (κ2) is 10.3. The Hall–Kier alpha value is -3.34. The third-order valence-corrected chi connectivity index (χ3v) is 7.67. The van der Waals surface area contributed by atoms with Gasteiger partial charge in [0.05, 0.1) is 16.5 Å². The topological polar surface area (TPSA) is 131 Å². The molecule has 0 spiro atoms. The Kier molecular flexibility index (Phi) is 7.39. The molecule has 3 N–H and O–H groups in total. The molecule has 0 aliphatic carbocycles. The Morgan fingerprint density at radius 3 is 2.58 bits per heavy atom. The number of aryl methyl sites for hydroxylation is 1. The zero-order valence-corrected chi connectivity index (χ0v) is 21.2. The molecule has 0 fully saturated rings. The molecule has 0 saturated carbocycles. The van der Waals surface area contributed by atoms with Gasteiger partial charge in [-0.1, -0.05) is 25.1 Å². The summed E-state index contributed by atoms with van der Waals surface area (Å²) in [4.78, 5) is 21.2. The van der Waals surface area contributed by atoms with Crippen LogP contribution in [0.25, 0.3) is 0 Å². The molecule has 2 atom stereocenters. The number of aromatic nitrogens is 2. The van der Waals surface area contributed by atoms with E-state index in [2.05, 4.69) is 20.0 Å². The van der Waals surface area contributed by atoms with E-state index in [0.717, 1.165) is 17.5 Å². The van der Waals surface area contributed by atoms with Gasteiger partial charge < -0.3 is 15.2 Å². The standard InChI is InChI=1S/C26H30N4O5S.H2/c1-4-17-7-9-20(10-8-17)36(33,34)30-22-21-14-19(16-29-25(21)35-26(2,3)23(22)31)24(32)28-13-11-18-6-5-12-27-15-18;/h5-10,12,14-16,22-23,30-31H,4,11,13H2,1-3H3,(H,28,32);1H/t22-,23+;/m1./s1. The second-order valence-electron chi connectivity index (χ2n) is 9.23. The van der Waals surface area contributed by atoms with Gasteiger partial charge in [-0.15, -0.1) is 0 Å². The van der Waals surface area contributed by atoms with Crippen LogP contribution in [-0.4, -0.2) is 47.6 Å². The van der Waals surface area contributed by atoms with Gasteiger partial charge in [-0.3, -0.25) is 9.78 Å². The quantitative estimate of drug-likeness (QED) is 0.423. The molecule has 3 heterocycles. The van der Waals surface area contributed by atoms with Gasteiger partial charge in [0.15, 0.2) is 0 Å². The SMILES string of the molecule is CCc1ccc(S(=O)(=O)N[C@@H]2c3cc(C(=O)NCCc4cccnc4)cnc3OC(C)(C)[C@H]2O)cc1.[HH]. The Morgan fingerprint density at radius 1 is 1.17 bits per heavy atom. The van der Waals surface area contributed by atoms with Crippen molar-refractivity contribution >= 4 is 15.9 Å². The highest BCUT2D eigenvalue weighted by Crippen LogP contribution is 2.39. The van der Waals surface area contributed by atoms with Crippen molar-refractivity contribution in [3.8, 4) is 5.88 Å². The van der Waals surface area contributed by atoms with Gasteiger partial charge in [0, 0.05) is 32.1 Å². The first-order chi connectivity index (χ1) is 17.1. The van der Waals surface area contributed by atoms with Crippen LogP contribution in [0.3, 0.4) is 0 Å². The van der Waals surface area contributed by atoms with E-state index in [0.29, 0.717) is 13.0 Å². The monoisotopic (exact) mass is 512 g/mol. The van der Waals surface area contributed by atoms with Gasteiger partial charge in [-0.25, -0.2) is 18.1 Å². The summed E-state index contributed by atoms with van der Waals surface area (Å²) in [6.45, 7) is 5.67. The van der Waals surface area contributed by atoms with Crippen molar-refractivity contribution in [1.29, 1.82) is 0 Å². The van der Waals surface area contributed by atoms with Crippen LogP contribution in [0.5, 0.6) is 5.88 Å². The molecule has 0 unspecified atom stereocenters. The van der Waals surface area contributed by atoms with Crippen LogP contribution >= 0.6 is 0 Å². The summed E-state index contributed by atoms with van der Waals surface area (Å²) < 4.78 is 34.8. The van der Waals surface area contributed by atoms with E-state index < -0.39 is 27.8 Å². The van der Waals surface area contributed by atoms with E-state index in [1.54, 1.807) is 38.4 Å². The van der Waals surface area contributed by atoms with Crippen LogP contribution in [0.15, 0.2) is 66.0 Å². The summed E-state index contributed by atoms with van der Waals surface area (Å²) >= 11 is 0. The fourth-order valence-corrected chi connectivity index (χ4v) is 5.24. The maximum Gasteiger partial charge on any atom is 0.252 e. The highest BCUT2D eigenvalue weighted by Gasteiger charge is 2.45. The van der Waals surface area contributed by atoms with E-state index in [4.69, 9.17) is 4.74 Å². The number of aliphatic hydroxyl groups excluding tert-OH is 1. The first kappa shape index (κ1) is 25.7. The summed E-state index contributed by atoms with van der Waals surface area (Å²) in [5.74, 6) is -0.212. The van der Waals surface area contributed by atoms with Crippen molar-refractivity contribution in [1.82, 2.24) is 20.0 Å². The maximum atomic E-state index is 13.2. The number of hydrogen-bond donors (Lipinski definition) is 3. The number of carbonyl (C=O) groups is 1. The number of nitrogens with zero attached hydrogens (tertiary/aromatic N) is 2. The number of amides is 1. The molecule has 2 aromatic heterocycles. The first-order valence-corrected chi connectivity index (χ1v) is 13.2. The summed E-state index contributed by atoms with van der Waals surface area (Å²) in [6.07, 6.45) is 4.95. The third kappa shape index (κ3) is 5.56. The number of fused-ring (bicyclic) bond motifs is 1. The van der Waals surface area contributed by atoms with Crippen molar-refractivity contribution in [3.63, 3.8) is 0 Å². The lowest BCUT2D eigenvalue weighted by molar-refractivity contribution is -0.0632. The molecule has 1 aromatic carbocycles. The first-order valence-electron chi connectivity index (χ1n) is 11.8. The number of sulfonamides is 1. The van der Waals surface area contributed by atoms with Crippen LogP contribution in [0, 0.1) is 0 Å². The predicted molar refractivity (Wildman–Crippen MR) is 136 cm³/mol. The van der Waals surface area contributed by atoms with Gasteiger partial charge in [-0.2, -0.15) is 0 Å². The molecule has 1 amide bonds. The molecule has 9 nitrogen and oxygen atoms in total. The fourth-order valence-electron chi connectivity index (χ4n) is 4.02. The fraction of sp³-hybridized carbons (Fsp3) is 0.346. The van der Waals surface area contributed by atoms with Gasteiger partial charge in [-0.05, 0) is 62.1 Å². The highest BCUT2D eigenvalue weighted by atomic mass is 32.2. The summed E-state index contributed by atoms with van der Waals surface area (Å²) in [5.41, 5.74) is 1.39. The molecule has 10 heteroatoms. The van der Waals surface area contributed by atoms with Crippen molar-refractivity contribution < 1.29 is 24.5 Å². The van der Waals surface area contributed by atoms with Gasteiger partial charge >= 0.3 is 0 Å². The molecular weight excluding hydrogens is 480 g/mol. The van der Waals surface area contributed by atoms with Crippen molar-refractivity contribution in [2.75, 3.05) is 6.54 Å². The largest absolute Gasteiger partial charge is 0.469 e. The van der Waals surface area contributed by atoms with Crippen LogP contribution in [0.2, 0.25) is 0 Å². The molecule has 3 aromatic rings. The Balaban J connectivity index is 0.00000380. The van der Waals surface area contributed by atoms with Crippen LogP contribution < -0.4 is 14.8 Å². The molecule has 36 heavy (non-hydrogen) atoms. The Labute approximate surface area is 212 Å². The number of hydrogen-bond acceptors (Lipinski definition) is 7. The molecular formula is C26H32N4O5S.